The summed E-state index contributed by atoms with van der Waals surface area (Å²) in [5.74, 6) is 0. The lowest BCUT2D eigenvalue weighted by molar-refractivity contribution is 0.107. The number of hydrogen-bond donors (Lipinski definition) is 2. The predicted octanol–water partition coefficient (Wildman–Crippen LogP) is 2.17. The maximum absolute atomic E-state index is 9.11. The van der Waals surface area contributed by atoms with Crippen molar-refractivity contribution in [3.8, 4) is 0 Å². The van der Waals surface area contributed by atoms with E-state index in [2.05, 4.69) is 26.1 Å². The molecule has 2 heteroatoms. The van der Waals surface area contributed by atoms with Gasteiger partial charge in [0.15, 0.2) is 0 Å². The summed E-state index contributed by atoms with van der Waals surface area (Å²) in [5, 5.41) is 12.6. The lowest BCUT2D eigenvalue weighted by atomic mass is 9.67. The molecule has 0 aromatic heterocycles. The molecule has 2 N–H and O–H groups in total. The molecule has 0 unspecified atom stereocenters. The standard InChI is InChI=1S/C12H25NO/c1-4-12(6-5-7-12)9-13-8-11(2,3)10-14/h13-14H,4-10H2,1-3H3. The number of nitrogens with one attached hydrogen (secondary N) is 1. The van der Waals surface area contributed by atoms with Crippen molar-refractivity contribution in [2.24, 2.45) is 10.8 Å². The monoisotopic (exact) mass is 199 g/mol. The van der Waals surface area contributed by atoms with Gasteiger partial charge in [0.05, 0.1) is 0 Å². The Bertz CT molecular complexity index is 168. The molecule has 1 saturated carbocycles. The first-order valence-corrected chi connectivity index (χ1v) is 5.85. The summed E-state index contributed by atoms with van der Waals surface area (Å²) in [6.45, 7) is 8.80. The van der Waals surface area contributed by atoms with Gasteiger partial charge in [-0.1, -0.05) is 27.2 Å². The summed E-state index contributed by atoms with van der Waals surface area (Å²) in [6.07, 6.45) is 5.46. The van der Waals surface area contributed by atoms with Crippen LogP contribution in [0.2, 0.25) is 0 Å². The molecule has 84 valence electrons. The Morgan fingerprint density at radius 1 is 1.36 bits per heavy atom. The highest BCUT2D eigenvalue weighted by atomic mass is 16.3. The van der Waals surface area contributed by atoms with E-state index in [1.165, 1.54) is 25.7 Å². The molecule has 0 spiro atoms. The van der Waals surface area contributed by atoms with Crippen molar-refractivity contribution in [3.63, 3.8) is 0 Å². The van der Waals surface area contributed by atoms with Crippen LogP contribution in [0.15, 0.2) is 0 Å². The van der Waals surface area contributed by atoms with E-state index in [4.69, 9.17) is 5.11 Å². The molecule has 1 aliphatic rings. The molecule has 0 atom stereocenters. The van der Waals surface area contributed by atoms with Crippen LogP contribution in [0.4, 0.5) is 0 Å². The van der Waals surface area contributed by atoms with Crippen molar-refractivity contribution in [1.82, 2.24) is 5.32 Å². The highest BCUT2D eigenvalue weighted by molar-refractivity contribution is 4.88. The van der Waals surface area contributed by atoms with Crippen LogP contribution in [-0.2, 0) is 0 Å². The molecule has 0 heterocycles. The van der Waals surface area contributed by atoms with Crippen LogP contribution in [0.25, 0.3) is 0 Å². The molecular weight excluding hydrogens is 174 g/mol. The summed E-state index contributed by atoms with van der Waals surface area (Å²) in [5.41, 5.74) is 0.615. The second-order valence-electron chi connectivity index (χ2n) is 5.63. The minimum Gasteiger partial charge on any atom is -0.396 e. The van der Waals surface area contributed by atoms with Crippen molar-refractivity contribution < 1.29 is 5.11 Å². The molecule has 0 radical (unpaired) electrons. The SMILES string of the molecule is CCC1(CNCC(C)(C)CO)CCC1. The van der Waals surface area contributed by atoms with E-state index >= 15 is 0 Å². The lowest BCUT2D eigenvalue weighted by Gasteiger charge is -2.42. The summed E-state index contributed by atoms with van der Waals surface area (Å²) in [4.78, 5) is 0. The van der Waals surface area contributed by atoms with Gasteiger partial charge in [0.25, 0.3) is 0 Å². The number of aliphatic hydroxyl groups is 1. The van der Waals surface area contributed by atoms with E-state index in [9.17, 15) is 0 Å². The summed E-state index contributed by atoms with van der Waals surface area (Å²) < 4.78 is 0. The van der Waals surface area contributed by atoms with Crippen LogP contribution in [0, 0.1) is 10.8 Å². The van der Waals surface area contributed by atoms with Crippen molar-refractivity contribution >= 4 is 0 Å². The number of hydrogen-bond acceptors (Lipinski definition) is 2. The third kappa shape index (κ3) is 2.96. The fourth-order valence-electron chi connectivity index (χ4n) is 2.05. The molecule has 1 rings (SSSR count). The molecule has 14 heavy (non-hydrogen) atoms. The van der Waals surface area contributed by atoms with E-state index in [0.29, 0.717) is 5.41 Å². The Morgan fingerprint density at radius 2 is 2.00 bits per heavy atom. The smallest absolute Gasteiger partial charge is 0.0494 e. The summed E-state index contributed by atoms with van der Waals surface area (Å²) in [6, 6.07) is 0. The molecular formula is C12H25NO. The van der Waals surface area contributed by atoms with Crippen LogP contribution < -0.4 is 5.32 Å². The molecule has 2 nitrogen and oxygen atoms in total. The van der Waals surface area contributed by atoms with Gasteiger partial charge in [0.2, 0.25) is 0 Å². The van der Waals surface area contributed by atoms with E-state index in [-0.39, 0.29) is 12.0 Å². The zero-order valence-corrected chi connectivity index (χ0v) is 9.90. The molecule has 0 bridgehead atoms. The number of aliphatic hydroxyl groups excluding tert-OH is 1. The van der Waals surface area contributed by atoms with E-state index < -0.39 is 0 Å². The average Bonchev–Trinajstić information content (AvgIpc) is 2.10. The second-order valence-corrected chi connectivity index (χ2v) is 5.63. The minimum atomic E-state index is 0.0265. The van der Waals surface area contributed by atoms with Crippen molar-refractivity contribution in [1.29, 1.82) is 0 Å². The van der Waals surface area contributed by atoms with Gasteiger partial charge in [-0.15, -0.1) is 0 Å². The van der Waals surface area contributed by atoms with Gasteiger partial charge in [0.1, 0.15) is 0 Å². The molecule has 0 saturated heterocycles. The van der Waals surface area contributed by atoms with Gasteiger partial charge in [-0.05, 0) is 24.7 Å². The highest BCUT2D eigenvalue weighted by Gasteiger charge is 2.34. The first-order chi connectivity index (χ1) is 6.54. The van der Waals surface area contributed by atoms with Crippen LogP contribution in [0.5, 0.6) is 0 Å². The highest BCUT2D eigenvalue weighted by Crippen LogP contribution is 2.43. The Kier molecular flexibility index (Phi) is 3.96. The fraction of sp³-hybridized carbons (Fsp3) is 1.00. The van der Waals surface area contributed by atoms with Gasteiger partial charge in [-0.2, -0.15) is 0 Å². The van der Waals surface area contributed by atoms with Crippen molar-refractivity contribution in [2.75, 3.05) is 19.7 Å². The van der Waals surface area contributed by atoms with Gasteiger partial charge in [0, 0.05) is 25.1 Å². The molecule has 1 fully saturated rings. The maximum Gasteiger partial charge on any atom is 0.0494 e. The zero-order chi connectivity index (χ0) is 10.7. The first kappa shape index (κ1) is 12.0. The van der Waals surface area contributed by atoms with Crippen molar-refractivity contribution in [2.45, 2.75) is 46.5 Å². The quantitative estimate of drug-likeness (QED) is 0.687. The molecule has 0 amide bonds. The van der Waals surface area contributed by atoms with Gasteiger partial charge in [-0.25, -0.2) is 0 Å². The third-order valence-corrected chi connectivity index (χ3v) is 3.70. The number of rotatable bonds is 6. The van der Waals surface area contributed by atoms with Crippen LogP contribution in [0.3, 0.4) is 0 Å². The van der Waals surface area contributed by atoms with Gasteiger partial charge >= 0.3 is 0 Å². The Hall–Kier alpha value is -0.0800. The topological polar surface area (TPSA) is 32.3 Å². The first-order valence-electron chi connectivity index (χ1n) is 5.85. The normalized spacial score (nSPS) is 20.6. The van der Waals surface area contributed by atoms with E-state index in [0.717, 1.165) is 13.1 Å². The second kappa shape index (κ2) is 4.63. The van der Waals surface area contributed by atoms with Crippen LogP contribution in [0.1, 0.15) is 46.5 Å². The van der Waals surface area contributed by atoms with E-state index in [1.54, 1.807) is 0 Å². The Morgan fingerprint density at radius 3 is 2.36 bits per heavy atom. The molecule has 0 aromatic carbocycles. The lowest BCUT2D eigenvalue weighted by Crippen LogP contribution is -2.43. The van der Waals surface area contributed by atoms with Gasteiger partial charge in [-0.3, -0.25) is 0 Å². The van der Waals surface area contributed by atoms with Crippen LogP contribution >= 0.6 is 0 Å². The fourth-order valence-corrected chi connectivity index (χ4v) is 2.05. The van der Waals surface area contributed by atoms with Crippen molar-refractivity contribution in [3.05, 3.63) is 0 Å². The average molecular weight is 199 g/mol. The predicted molar refractivity (Wildman–Crippen MR) is 60.3 cm³/mol. The third-order valence-electron chi connectivity index (χ3n) is 3.70. The van der Waals surface area contributed by atoms with Crippen LogP contribution in [-0.4, -0.2) is 24.8 Å². The van der Waals surface area contributed by atoms with E-state index in [1.807, 2.05) is 0 Å². The Balaban J connectivity index is 2.20. The maximum atomic E-state index is 9.11. The van der Waals surface area contributed by atoms with Gasteiger partial charge < -0.3 is 10.4 Å². The largest absolute Gasteiger partial charge is 0.396 e. The minimum absolute atomic E-state index is 0.0265. The summed E-state index contributed by atoms with van der Waals surface area (Å²) >= 11 is 0. The zero-order valence-electron chi connectivity index (χ0n) is 9.90. The molecule has 0 aliphatic heterocycles. The Labute approximate surface area is 88.1 Å². The molecule has 0 aromatic rings. The molecule has 1 aliphatic carbocycles. The summed E-state index contributed by atoms with van der Waals surface area (Å²) in [7, 11) is 0.